The second kappa shape index (κ2) is 10.4. The Kier molecular flexibility index (Phi) is 7.57. The lowest BCUT2D eigenvalue weighted by molar-refractivity contribution is -0.122. The Labute approximate surface area is 192 Å². The van der Waals surface area contributed by atoms with Crippen LogP contribution in [0.4, 0.5) is 11.4 Å². The number of ether oxygens (including phenoxy) is 1. The fourth-order valence-electron chi connectivity index (χ4n) is 3.82. The lowest BCUT2D eigenvalue weighted by Gasteiger charge is -2.26. The van der Waals surface area contributed by atoms with E-state index in [0.717, 1.165) is 24.5 Å². The van der Waals surface area contributed by atoms with Crippen molar-refractivity contribution in [1.82, 2.24) is 0 Å². The van der Waals surface area contributed by atoms with Crippen molar-refractivity contribution in [3.63, 3.8) is 0 Å². The molecule has 0 saturated heterocycles. The lowest BCUT2D eigenvalue weighted by atomic mass is 9.78. The molecule has 4 nitrogen and oxygen atoms in total. The van der Waals surface area contributed by atoms with Crippen molar-refractivity contribution in [2.45, 2.75) is 46.1 Å². The predicted octanol–water partition coefficient (Wildman–Crippen LogP) is 6.26. The van der Waals surface area contributed by atoms with Crippen molar-refractivity contribution in [1.29, 1.82) is 0 Å². The van der Waals surface area contributed by atoms with E-state index in [2.05, 4.69) is 74.3 Å². The minimum atomic E-state index is -0.606. The number of hydrogen-bond acceptors (Lipinski definition) is 3. The SMILES string of the molecule is CCN(CC)c1ccc(NC(=O)C(C)Oc2ccc(C(C)(C)c3ccccc3)cc2)cc1. The Morgan fingerprint density at radius 1 is 0.875 bits per heavy atom. The van der Waals surface area contributed by atoms with Gasteiger partial charge in [-0.25, -0.2) is 0 Å². The summed E-state index contributed by atoms with van der Waals surface area (Å²) < 4.78 is 5.90. The number of nitrogens with one attached hydrogen (secondary N) is 1. The summed E-state index contributed by atoms with van der Waals surface area (Å²) in [6.45, 7) is 12.4. The van der Waals surface area contributed by atoms with Crippen molar-refractivity contribution in [3.8, 4) is 5.75 Å². The van der Waals surface area contributed by atoms with Crippen molar-refractivity contribution in [2.75, 3.05) is 23.3 Å². The maximum atomic E-state index is 12.6. The number of nitrogens with zero attached hydrogens (tertiary/aromatic N) is 1. The molecule has 0 spiro atoms. The molecule has 0 radical (unpaired) electrons. The van der Waals surface area contributed by atoms with Gasteiger partial charge in [0.2, 0.25) is 0 Å². The maximum absolute atomic E-state index is 12.6. The number of carbonyl (C=O) groups excluding carboxylic acids is 1. The molecular formula is C28H34N2O2. The highest BCUT2D eigenvalue weighted by atomic mass is 16.5. The normalized spacial score (nSPS) is 12.2. The van der Waals surface area contributed by atoms with Gasteiger partial charge in [-0.15, -0.1) is 0 Å². The van der Waals surface area contributed by atoms with Crippen LogP contribution in [0.1, 0.15) is 45.7 Å². The van der Waals surface area contributed by atoms with E-state index < -0.39 is 6.10 Å². The van der Waals surface area contributed by atoms with Crippen LogP contribution < -0.4 is 15.0 Å². The summed E-state index contributed by atoms with van der Waals surface area (Å²) in [4.78, 5) is 14.9. The quantitative estimate of drug-likeness (QED) is 0.435. The predicted molar refractivity (Wildman–Crippen MR) is 134 cm³/mol. The van der Waals surface area contributed by atoms with Crippen LogP contribution in [0.15, 0.2) is 78.9 Å². The van der Waals surface area contributed by atoms with E-state index in [4.69, 9.17) is 4.74 Å². The highest BCUT2D eigenvalue weighted by Crippen LogP contribution is 2.32. The number of anilines is 2. The van der Waals surface area contributed by atoms with E-state index in [-0.39, 0.29) is 11.3 Å². The van der Waals surface area contributed by atoms with Gasteiger partial charge in [0, 0.05) is 29.9 Å². The summed E-state index contributed by atoms with van der Waals surface area (Å²) >= 11 is 0. The molecule has 1 N–H and O–H groups in total. The monoisotopic (exact) mass is 430 g/mol. The number of hydrogen-bond donors (Lipinski definition) is 1. The van der Waals surface area contributed by atoms with Gasteiger partial charge in [-0.05, 0) is 68.3 Å². The van der Waals surface area contributed by atoms with Crippen LogP contribution in [-0.4, -0.2) is 25.1 Å². The Morgan fingerprint density at radius 3 is 2.00 bits per heavy atom. The van der Waals surface area contributed by atoms with Crippen LogP contribution >= 0.6 is 0 Å². The van der Waals surface area contributed by atoms with Gasteiger partial charge in [-0.3, -0.25) is 4.79 Å². The highest BCUT2D eigenvalue weighted by Gasteiger charge is 2.23. The first-order valence-electron chi connectivity index (χ1n) is 11.3. The summed E-state index contributed by atoms with van der Waals surface area (Å²) in [6.07, 6.45) is -0.606. The fourth-order valence-corrected chi connectivity index (χ4v) is 3.82. The van der Waals surface area contributed by atoms with Crippen molar-refractivity contribution >= 4 is 17.3 Å². The van der Waals surface area contributed by atoms with Gasteiger partial charge in [-0.2, -0.15) is 0 Å². The first-order chi connectivity index (χ1) is 15.3. The third kappa shape index (κ3) is 5.50. The Hall–Kier alpha value is -3.27. The third-order valence-corrected chi connectivity index (χ3v) is 6.02. The molecule has 0 fully saturated rings. The molecular weight excluding hydrogens is 396 g/mol. The molecule has 3 aromatic carbocycles. The van der Waals surface area contributed by atoms with E-state index in [9.17, 15) is 4.79 Å². The summed E-state index contributed by atoms with van der Waals surface area (Å²) in [7, 11) is 0. The molecule has 0 aliphatic rings. The molecule has 0 heterocycles. The Bertz CT molecular complexity index is 992. The molecule has 0 bridgehead atoms. The van der Waals surface area contributed by atoms with E-state index in [1.807, 2.05) is 42.5 Å². The second-order valence-electron chi connectivity index (χ2n) is 8.48. The highest BCUT2D eigenvalue weighted by molar-refractivity contribution is 5.94. The average Bonchev–Trinajstić information content (AvgIpc) is 2.82. The molecule has 32 heavy (non-hydrogen) atoms. The molecule has 4 heteroatoms. The van der Waals surface area contributed by atoms with Crippen LogP contribution in [0.3, 0.4) is 0 Å². The van der Waals surface area contributed by atoms with Crippen LogP contribution in [0.5, 0.6) is 5.75 Å². The van der Waals surface area contributed by atoms with Gasteiger partial charge >= 0.3 is 0 Å². The number of benzene rings is 3. The van der Waals surface area contributed by atoms with E-state index in [0.29, 0.717) is 5.75 Å². The molecule has 0 saturated carbocycles. The van der Waals surface area contributed by atoms with Crippen LogP contribution in [0, 0.1) is 0 Å². The van der Waals surface area contributed by atoms with Crippen molar-refractivity contribution in [3.05, 3.63) is 90.0 Å². The number of amides is 1. The molecule has 0 aliphatic carbocycles. The number of rotatable bonds is 9. The molecule has 0 aromatic heterocycles. The van der Waals surface area contributed by atoms with Gasteiger partial charge in [0.05, 0.1) is 0 Å². The van der Waals surface area contributed by atoms with E-state index in [1.54, 1.807) is 6.92 Å². The van der Waals surface area contributed by atoms with Gasteiger partial charge in [0.25, 0.3) is 5.91 Å². The van der Waals surface area contributed by atoms with Gasteiger partial charge < -0.3 is 15.0 Å². The van der Waals surface area contributed by atoms with Crippen LogP contribution in [0.2, 0.25) is 0 Å². The topological polar surface area (TPSA) is 41.6 Å². The average molecular weight is 431 g/mol. The van der Waals surface area contributed by atoms with Crippen LogP contribution in [-0.2, 0) is 10.2 Å². The van der Waals surface area contributed by atoms with Crippen molar-refractivity contribution < 1.29 is 9.53 Å². The minimum absolute atomic E-state index is 0.111. The second-order valence-corrected chi connectivity index (χ2v) is 8.48. The molecule has 1 atom stereocenters. The summed E-state index contributed by atoms with van der Waals surface area (Å²) in [5.41, 5.74) is 4.26. The Morgan fingerprint density at radius 2 is 1.44 bits per heavy atom. The number of carbonyl (C=O) groups is 1. The smallest absolute Gasteiger partial charge is 0.265 e. The summed E-state index contributed by atoms with van der Waals surface area (Å²) in [5.74, 6) is 0.506. The van der Waals surface area contributed by atoms with Gasteiger partial charge in [0.15, 0.2) is 6.10 Å². The Balaban J connectivity index is 1.60. The zero-order valence-corrected chi connectivity index (χ0v) is 19.8. The summed E-state index contributed by atoms with van der Waals surface area (Å²) in [6, 6.07) is 26.4. The molecule has 168 valence electrons. The molecule has 0 aliphatic heterocycles. The first-order valence-corrected chi connectivity index (χ1v) is 11.3. The summed E-state index contributed by atoms with van der Waals surface area (Å²) in [5, 5.41) is 2.94. The van der Waals surface area contributed by atoms with Gasteiger partial charge in [0.1, 0.15) is 5.75 Å². The molecule has 3 aromatic rings. The van der Waals surface area contributed by atoms with Crippen LogP contribution in [0.25, 0.3) is 0 Å². The lowest BCUT2D eigenvalue weighted by Crippen LogP contribution is -2.30. The molecule has 1 unspecified atom stereocenters. The van der Waals surface area contributed by atoms with Gasteiger partial charge in [-0.1, -0.05) is 56.3 Å². The van der Waals surface area contributed by atoms with E-state index in [1.165, 1.54) is 11.1 Å². The molecule has 3 rings (SSSR count). The van der Waals surface area contributed by atoms with Crippen molar-refractivity contribution in [2.24, 2.45) is 0 Å². The molecule has 1 amide bonds. The minimum Gasteiger partial charge on any atom is -0.481 e. The fraction of sp³-hybridized carbons (Fsp3) is 0.321. The largest absolute Gasteiger partial charge is 0.481 e. The zero-order valence-electron chi connectivity index (χ0n) is 19.8. The van der Waals surface area contributed by atoms with E-state index >= 15 is 0 Å². The zero-order chi connectivity index (χ0) is 23.1. The standard InChI is InChI=1S/C28H34N2O2/c1-6-30(7-2)25-17-15-24(16-18-25)29-27(31)21(3)32-26-19-13-23(14-20-26)28(4,5)22-11-9-8-10-12-22/h8-21H,6-7H2,1-5H3,(H,29,31). The third-order valence-electron chi connectivity index (χ3n) is 6.02. The first kappa shape index (κ1) is 23.4. The maximum Gasteiger partial charge on any atom is 0.265 e.